The number of aryl methyl sites for hydroxylation is 2. The molecule has 0 spiro atoms. The molecular formula is C23H24FN5O. The van der Waals surface area contributed by atoms with Crippen LogP contribution in [-0.4, -0.2) is 28.6 Å². The van der Waals surface area contributed by atoms with Crippen molar-refractivity contribution in [2.45, 2.75) is 20.3 Å². The number of hydrogen-bond donors (Lipinski definition) is 2. The van der Waals surface area contributed by atoms with E-state index in [1.165, 1.54) is 12.4 Å². The summed E-state index contributed by atoms with van der Waals surface area (Å²) in [5.74, 6) is 1.60. The molecule has 0 aliphatic heterocycles. The molecule has 0 bridgehead atoms. The van der Waals surface area contributed by atoms with Gasteiger partial charge in [0.05, 0.1) is 12.6 Å². The highest BCUT2D eigenvalue weighted by atomic mass is 19.1. The predicted molar refractivity (Wildman–Crippen MR) is 118 cm³/mol. The Morgan fingerprint density at radius 2 is 1.97 bits per heavy atom. The van der Waals surface area contributed by atoms with Crippen LogP contribution >= 0.6 is 0 Å². The zero-order valence-electron chi connectivity index (χ0n) is 17.2. The Balaban J connectivity index is 1.74. The molecule has 0 unspecified atom stereocenters. The van der Waals surface area contributed by atoms with Crippen molar-refractivity contribution >= 4 is 28.2 Å². The van der Waals surface area contributed by atoms with Crippen molar-refractivity contribution in [1.29, 1.82) is 0 Å². The summed E-state index contributed by atoms with van der Waals surface area (Å²) in [6.07, 6.45) is 2.14. The standard InChI is InChI=1S/C23H24FN5O/c1-14-7-8-19(24)23-22(14)18(15(2)28-23)9-10-29(21-12-20(25)26-13-27-21)16-5-4-6-17(11-16)30-3/h4-8,11-13,28H,9-10H2,1-3H3,(H2,25,26,27). The summed E-state index contributed by atoms with van der Waals surface area (Å²) in [5.41, 5.74) is 10.5. The lowest BCUT2D eigenvalue weighted by Crippen LogP contribution is -2.22. The number of H-pyrrole nitrogens is 1. The molecule has 0 saturated carbocycles. The third kappa shape index (κ3) is 3.66. The van der Waals surface area contributed by atoms with Crippen molar-refractivity contribution in [1.82, 2.24) is 15.0 Å². The number of nitrogens with zero attached hydrogens (tertiary/aromatic N) is 3. The van der Waals surface area contributed by atoms with Gasteiger partial charge in [-0.15, -0.1) is 0 Å². The minimum absolute atomic E-state index is 0.238. The molecule has 0 fully saturated rings. The summed E-state index contributed by atoms with van der Waals surface area (Å²) < 4.78 is 19.7. The molecule has 2 heterocycles. The topological polar surface area (TPSA) is 80.1 Å². The van der Waals surface area contributed by atoms with Crippen LogP contribution in [0.1, 0.15) is 16.8 Å². The lowest BCUT2D eigenvalue weighted by atomic mass is 10.0. The maximum atomic E-state index is 14.3. The SMILES string of the molecule is COc1cccc(N(CCc2c(C)[nH]c3c(F)ccc(C)c23)c2cc(N)ncn2)c1. The second kappa shape index (κ2) is 8.02. The van der Waals surface area contributed by atoms with Crippen molar-refractivity contribution in [2.24, 2.45) is 0 Å². The number of fused-ring (bicyclic) bond motifs is 1. The zero-order chi connectivity index (χ0) is 21.3. The quantitative estimate of drug-likeness (QED) is 0.487. The number of halogens is 1. The van der Waals surface area contributed by atoms with E-state index >= 15 is 0 Å². The number of aromatic nitrogens is 3. The molecule has 3 N–H and O–H groups in total. The van der Waals surface area contributed by atoms with E-state index in [2.05, 4.69) is 19.9 Å². The number of ether oxygens (including phenoxy) is 1. The van der Waals surface area contributed by atoms with E-state index in [-0.39, 0.29) is 5.82 Å². The van der Waals surface area contributed by atoms with Crippen LogP contribution in [-0.2, 0) is 6.42 Å². The minimum Gasteiger partial charge on any atom is -0.497 e. The predicted octanol–water partition coefficient (Wildman–Crippen LogP) is 4.69. The van der Waals surface area contributed by atoms with Crippen LogP contribution in [0.3, 0.4) is 0 Å². The molecular weight excluding hydrogens is 381 g/mol. The Hall–Kier alpha value is -3.61. The van der Waals surface area contributed by atoms with Crippen molar-refractivity contribution in [3.8, 4) is 5.75 Å². The van der Waals surface area contributed by atoms with E-state index in [4.69, 9.17) is 10.5 Å². The van der Waals surface area contributed by atoms with Crippen LogP contribution in [0.5, 0.6) is 5.75 Å². The number of nitrogens with one attached hydrogen (secondary N) is 1. The largest absolute Gasteiger partial charge is 0.497 e. The van der Waals surface area contributed by atoms with Crippen molar-refractivity contribution in [3.63, 3.8) is 0 Å². The van der Waals surface area contributed by atoms with Gasteiger partial charge < -0.3 is 20.4 Å². The van der Waals surface area contributed by atoms with Crippen LogP contribution in [0.2, 0.25) is 0 Å². The summed E-state index contributed by atoms with van der Waals surface area (Å²) in [5, 5.41) is 0.945. The molecule has 7 heteroatoms. The van der Waals surface area contributed by atoms with Gasteiger partial charge in [0.2, 0.25) is 0 Å². The Kier molecular flexibility index (Phi) is 5.27. The van der Waals surface area contributed by atoms with Gasteiger partial charge in [0.1, 0.15) is 29.5 Å². The van der Waals surface area contributed by atoms with Crippen molar-refractivity contribution in [2.75, 3.05) is 24.3 Å². The molecule has 2 aromatic carbocycles. The number of rotatable bonds is 6. The molecule has 4 aromatic rings. The molecule has 0 aliphatic rings. The number of benzene rings is 2. The highest BCUT2D eigenvalue weighted by molar-refractivity contribution is 5.88. The van der Waals surface area contributed by atoms with Crippen LogP contribution in [0.4, 0.5) is 21.7 Å². The highest BCUT2D eigenvalue weighted by Gasteiger charge is 2.17. The molecule has 0 radical (unpaired) electrons. The van der Waals surface area contributed by atoms with Crippen LogP contribution < -0.4 is 15.4 Å². The first-order valence-electron chi connectivity index (χ1n) is 9.73. The summed E-state index contributed by atoms with van der Waals surface area (Å²) in [6.45, 7) is 4.60. The molecule has 0 atom stereocenters. The summed E-state index contributed by atoms with van der Waals surface area (Å²) >= 11 is 0. The number of aromatic amines is 1. The lowest BCUT2D eigenvalue weighted by molar-refractivity contribution is 0.415. The van der Waals surface area contributed by atoms with Crippen molar-refractivity contribution < 1.29 is 9.13 Å². The van der Waals surface area contributed by atoms with Gasteiger partial charge in [-0.05, 0) is 49.6 Å². The second-order valence-corrected chi connectivity index (χ2v) is 7.25. The molecule has 6 nitrogen and oxygen atoms in total. The molecule has 0 saturated heterocycles. The maximum Gasteiger partial charge on any atom is 0.147 e. The van der Waals surface area contributed by atoms with E-state index in [9.17, 15) is 4.39 Å². The van der Waals surface area contributed by atoms with Gasteiger partial charge in [-0.2, -0.15) is 0 Å². The minimum atomic E-state index is -0.238. The fourth-order valence-electron chi connectivity index (χ4n) is 3.84. The third-order valence-electron chi connectivity index (χ3n) is 5.33. The van der Waals surface area contributed by atoms with Gasteiger partial charge in [0, 0.05) is 35.4 Å². The van der Waals surface area contributed by atoms with Gasteiger partial charge in [0.15, 0.2) is 0 Å². The van der Waals surface area contributed by atoms with Crippen LogP contribution in [0, 0.1) is 19.7 Å². The molecule has 0 aliphatic carbocycles. The Bertz CT molecular complexity index is 1200. The Labute approximate surface area is 174 Å². The fourth-order valence-corrected chi connectivity index (χ4v) is 3.84. The first kappa shape index (κ1) is 19.7. The van der Waals surface area contributed by atoms with Crippen LogP contribution in [0.15, 0.2) is 48.8 Å². The second-order valence-electron chi connectivity index (χ2n) is 7.25. The first-order valence-corrected chi connectivity index (χ1v) is 9.73. The Morgan fingerprint density at radius 1 is 1.13 bits per heavy atom. The number of nitrogen functional groups attached to an aromatic ring is 1. The molecule has 0 amide bonds. The number of hydrogen-bond acceptors (Lipinski definition) is 5. The van der Waals surface area contributed by atoms with E-state index in [1.54, 1.807) is 13.2 Å². The zero-order valence-corrected chi connectivity index (χ0v) is 17.2. The van der Waals surface area contributed by atoms with Gasteiger partial charge in [0.25, 0.3) is 0 Å². The fraction of sp³-hybridized carbons (Fsp3) is 0.217. The first-order chi connectivity index (χ1) is 14.5. The Morgan fingerprint density at radius 3 is 2.73 bits per heavy atom. The van der Waals surface area contributed by atoms with Gasteiger partial charge in [-0.3, -0.25) is 0 Å². The van der Waals surface area contributed by atoms with E-state index in [1.807, 2.05) is 44.2 Å². The molecule has 30 heavy (non-hydrogen) atoms. The average molecular weight is 405 g/mol. The molecule has 154 valence electrons. The van der Waals surface area contributed by atoms with Gasteiger partial charge in [-0.1, -0.05) is 12.1 Å². The lowest BCUT2D eigenvalue weighted by Gasteiger charge is -2.24. The van der Waals surface area contributed by atoms with Crippen LogP contribution in [0.25, 0.3) is 10.9 Å². The third-order valence-corrected chi connectivity index (χ3v) is 5.33. The number of methoxy groups -OCH3 is 1. The van der Waals surface area contributed by atoms with E-state index in [0.717, 1.165) is 33.6 Å². The number of anilines is 3. The summed E-state index contributed by atoms with van der Waals surface area (Å²) in [4.78, 5) is 13.7. The smallest absolute Gasteiger partial charge is 0.147 e. The average Bonchev–Trinajstić information content (AvgIpc) is 3.09. The summed E-state index contributed by atoms with van der Waals surface area (Å²) in [7, 11) is 1.64. The molecule has 2 aromatic heterocycles. The van der Waals surface area contributed by atoms with E-state index in [0.29, 0.717) is 30.1 Å². The van der Waals surface area contributed by atoms with Gasteiger partial charge in [-0.25, -0.2) is 14.4 Å². The molecule has 4 rings (SSSR count). The van der Waals surface area contributed by atoms with E-state index < -0.39 is 0 Å². The maximum absolute atomic E-state index is 14.3. The monoisotopic (exact) mass is 405 g/mol. The van der Waals surface area contributed by atoms with Crippen molar-refractivity contribution in [3.05, 3.63) is 71.4 Å². The normalized spacial score (nSPS) is 11.1. The summed E-state index contributed by atoms with van der Waals surface area (Å²) in [6, 6.07) is 12.8. The number of nitrogens with two attached hydrogens (primary N) is 1. The highest BCUT2D eigenvalue weighted by Crippen LogP contribution is 2.31. The van der Waals surface area contributed by atoms with Gasteiger partial charge >= 0.3 is 0 Å².